The molecule has 1 fully saturated rings. The summed E-state index contributed by atoms with van der Waals surface area (Å²) in [6, 6.07) is 6.61. The zero-order valence-electron chi connectivity index (χ0n) is 16.3. The number of hydrogen-bond acceptors (Lipinski definition) is 3. The fourth-order valence-electron chi connectivity index (χ4n) is 3.50. The van der Waals surface area contributed by atoms with Crippen LogP contribution in [0.5, 0.6) is 0 Å². The summed E-state index contributed by atoms with van der Waals surface area (Å²) < 4.78 is 40.8. The van der Waals surface area contributed by atoms with Crippen molar-refractivity contribution in [1.29, 1.82) is 0 Å². The highest BCUT2D eigenvalue weighted by atomic mass is 19.4. The van der Waals surface area contributed by atoms with Crippen LogP contribution >= 0.6 is 0 Å². The van der Waals surface area contributed by atoms with Gasteiger partial charge in [-0.15, -0.1) is 0 Å². The molecule has 0 saturated carbocycles. The normalized spacial score (nSPS) is 17.9. The van der Waals surface area contributed by atoms with Crippen molar-refractivity contribution in [3.8, 4) is 0 Å². The number of piperazine rings is 1. The quantitative estimate of drug-likeness (QED) is 0.480. The van der Waals surface area contributed by atoms with Gasteiger partial charge in [0.05, 0.1) is 17.4 Å². The van der Waals surface area contributed by atoms with Gasteiger partial charge in [0.2, 0.25) is 0 Å². The average Bonchev–Trinajstić information content (AvgIpc) is 3.10. The molecular weight excluding hydrogens is 369 g/mol. The molecule has 0 radical (unpaired) electrons. The van der Waals surface area contributed by atoms with Gasteiger partial charge in [0.25, 0.3) is 0 Å². The summed E-state index contributed by atoms with van der Waals surface area (Å²) in [4.78, 5) is 12.2. The lowest BCUT2D eigenvalue weighted by atomic mass is 10.2. The highest BCUT2D eigenvalue weighted by molar-refractivity contribution is 5.80. The SMILES string of the molecule is CN=C(NCCCn1cnc2ccccc21)N1CCN(C(C)C(F)(F)F)CC1. The molecule has 1 aromatic heterocycles. The molecule has 3 rings (SSSR count). The summed E-state index contributed by atoms with van der Waals surface area (Å²) in [6.07, 6.45) is -1.44. The molecule has 1 atom stereocenters. The van der Waals surface area contributed by atoms with Crippen LogP contribution in [-0.4, -0.2) is 77.3 Å². The summed E-state index contributed by atoms with van der Waals surface area (Å²) in [5.41, 5.74) is 2.10. The standard InChI is InChI=1S/C19H27F3N6/c1-15(19(20,21)22)26-10-12-27(13-11-26)18(23-2)24-8-5-9-28-14-25-16-6-3-4-7-17(16)28/h3-4,6-7,14-15H,5,8-13H2,1-2H3,(H,23,24). The first kappa shape index (κ1) is 20.4. The van der Waals surface area contributed by atoms with Gasteiger partial charge in [-0.05, 0) is 25.5 Å². The summed E-state index contributed by atoms with van der Waals surface area (Å²) >= 11 is 0. The monoisotopic (exact) mass is 396 g/mol. The zero-order valence-corrected chi connectivity index (χ0v) is 16.3. The molecule has 0 bridgehead atoms. The van der Waals surface area contributed by atoms with Gasteiger partial charge in [0.1, 0.15) is 6.04 Å². The predicted molar refractivity (Wildman–Crippen MR) is 104 cm³/mol. The second-order valence-corrected chi connectivity index (χ2v) is 6.99. The maximum atomic E-state index is 12.9. The smallest absolute Gasteiger partial charge is 0.356 e. The van der Waals surface area contributed by atoms with Gasteiger partial charge in [-0.3, -0.25) is 9.89 Å². The van der Waals surface area contributed by atoms with Crippen LogP contribution < -0.4 is 5.32 Å². The lowest BCUT2D eigenvalue weighted by Crippen LogP contribution is -2.56. The van der Waals surface area contributed by atoms with Crippen LogP contribution in [0.15, 0.2) is 35.6 Å². The Morgan fingerprint density at radius 3 is 2.61 bits per heavy atom. The number of para-hydroxylation sites is 2. The van der Waals surface area contributed by atoms with Crippen molar-refractivity contribution in [3.05, 3.63) is 30.6 Å². The molecule has 1 N–H and O–H groups in total. The van der Waals surface area contributed by atoms with Gasteiger partial charge in [0.15, 0.2) is 5.96 Å². The van der Waals surface area contributed by atoms with Crippen molar-refractivity contribution in [2.75, 3.05) is 39.8 Å². The number of aliphatic imine (C=N–C) groups is 1. The number of guanidine groups is 1. The second-order valence-electron chi connectivity index (χ2n) is 6.99. The highest BCUT2D eigenvalue weighted by Crippen LogP contribution is 2.25. The van der Waals surface area contributed by atoms with E-state index >= 15 is 0 Å². The van der Waals surface area contributed by atoms with E-state index in [0.29, 0.717) is 26.2 Å². The number of aryl methyl sites for hydroxylation is 1. The van der Waals surface area contributed by atoms with Crippen molar-refractivity contribution in [3.63, 3.8) is 0 Å². The van der Waals surface area contributed by atoms with Gasteiger partial charge in [-0.1, -0.05) is 12.1 Å². The average molecular weight is 396 g/mol. The number of nitrogens with one attached hydrogen (secondary N) is 1. The summed E-state index contributed by atoms with van der Waals surface area (Å²) in [6.45, 7) is 4.62. The molecule has 28 heavy (non-hydrogen) atoms. The van der Waals surface area contributed by atoms with E-state index < -0.39 is 12.2 Å². The molecule has 0 amide bonds. The van der Waals surface area contributed by atoms with Crippen LogP contribution in [0.4, 0.5) is 13.2 Å². The van der Waals surface area contributed by atoms with Gasteiger partial charge >= 0.3 is 6.18 Å². The number of halogens is 3. The lowest BCUT2D eigenvalue weighted by Gasteiger charge is -2.39. The van der Waals surface area contributed by atoms with Crippen LogP contribution in [0.1, 0.15) is 13.3 Å². The van der Waals surface area contributed by atoms with E-state index in [1.54, 1.807) is 7.05 Å². The predicted octanol–water partition coefficient (Wildman–Crippen LogP) is 2.57. The number of aromatic nitrogens is 2. The summed E-state index contributed by atoms with van der Waals surface area (Å²) in [5, 5.41) is 3.33. The number of imidazole rings is 1. The molecule has 1 aliphatic heterocycles. The van der Waals surface area contributed by atoms with Crippen LogP contribution in [0, 0.1) is 0 Å². The molecule has 154 valence electrons. The highest BCUT2D eigenvalue weighted by Gasteiger charge is 2.41. The number of benzene rings is 1. The number of nitrogens with zero attached hydrogens (tertiary/aromatic N) is 5. The van der Waals surface area contributed by atoms with E-state index in [2.05, 4.69) is 25.9 Å². The van der Waals surface area contributed by atoms with Crippen LogP contribution in [0.3, 0.4) is 0 Å². The molecule has 0 aliphatic carbocycles. The Balaban J connectivity index is 1.44. The Kier molecular flexibility index (Phi) is 6.43. The zero-order chi connectivity index (χ0) is 20.1. The van der Waals surface area contributed by atoms with Crippen molar-refractivity contribution < 1.29 is 13.2 Å². The van der Waals surface area contributed by atoms with Crippen molar-refractivity contribution in [1.82, 2.24) is 24.7 Å². The second kappa shape index (κ2) is 8.81. The van der Waals surface area contributed by atoms with Crippen LogP contribution in [0.25, 0.3) is 11.0 Å². The molecule has 6 nitrogen and oxygen atoms in total. The van der Waals surface area contributed by atoms with Crippen LogP contribution in [0.2, 0.25) is 0 Å². The van der Waals surface area contributed by atoms with Gasteiger partial charge < -0.3 is 14.8 Å². The van der Waals surface area contributed by atoms with Crippen LogP contribution in [-0.2, 0) is 6.54 Å². The number of fused-ring (bicyclic) bond motifs is 1. The molecule has 9 heteroatoms. The molecule has 1 saturated heterocycles. The minimum Gasteiger partial charge on any atom is -0.356 e. The molecular formula is C19H27F3N6. The summed E-state index contributed by atoms with van der Waals surface area (Å²) in [5.74, 6) is 0.745. The fourth-order valence-corrected chi connectivity index (χ4v) is 3.50. The molecule has 2 heterocycles. The Hall–Kier alpha value is -2.29. The largest absolute Gasteiger partial charge is 0.403 e. The topological polar surface area (TPSA) is 48.7 Å². The molecule has 0 spiro atoms. The van der Waals surface area contributed by atoms with E-state index in [4.69, 9.17) is 0 Å². The van der Waals surface area contributed by atoms with E-state index in [1.165, 1.54) is 11.8 Å². The van der Waals surface area contributed by atoms with Gasteiger partial charge in [-0.2, -0.15) is 13.2 Å². The van der Waals surface area contributed by atoms with Crippen molar-refractivity contribution in [2.24, 2.45) is 4.99 Å². The maximum absolute atomic E-state index is 12.9. The third-order valence-corrected chi connectivity index (χ3v) is 5.23. The van der Waals surface area contributed by atoms with Gasteiger partial charge in [0, 0.05) is 46.3 Å². The molecule has 2 aromatic rings. The third-order valence-electron chi connectivity index (χ3n) is 5.23. The Morgan fingerprint density at radius 1 is 1.21 bits per heavy atom. The van der Waals surface area contributed by atoms with E-state index in [0.717, 1.165) is 36.5 Å². The molecule has 1 aliphatic rings. The third kappa shape index (κ3) is 4.76. The first-order valence-corrected chi connectivity index (χ1v) is 9.56. The molecule has 1 unspecified atom stereocenters. The number of rotatable bonds is 5. The first-order valence-electron chi connectivity index (χ1n) is 9.56. The maximum Gasteiger partial charge on any atom is 0.403 e. The minimum atomic E-state index is -4.18. The Bertz CT molecular complexity index is 792. The Morgan fingerprint density at radius 2 is 1.93 bits per heavy atom. The van der Waals surface area contributed by atoms with Crippen molar-refractivity contribution >= 4 is 17.0 Å². The minimum absolute atomic E-state index is 0.377. The first-order chi connectivity index (χ1) is 13.4. The van der Waals surface area contributed by atoms with E-state index in [9.17, 15) is 13.2 Å². The van der Waals surface area contributed by atoms with E-state index in [1.807, 2.05) is 29.4 Å². The van der Waals surface area contributed by atoms with Crippen molar-refractivity contribution in [2.45, 2.75) is 32.1 Å². The lowest BCUT2D eigenvalue weighted by molar-refractivity contribution is -0.181. The Labute approximate surface area is 163 Å². The van der Waals surface area contributed by atoms with E-state index in [-0.39, 0.29) is 0 Å². The van der Waals surface area contributed by atoms with Gasteiger partial charge in [-0.25, -0.2) is 4.98 Å². The molecule has 1 aromatic carbocycles. The number of hydrogen-bond donors (Lipinski definition) is 1. The summed E-state index contributed by atoms with van der Waals surface area (Å²) in [7, 11) is 1.70. The number of alkyl halides is 3. The fraction of sp³-hybridized carbons (Fsp3) is 0.579.